The van der Waals surface area contributed by atoms with Crippen LogP contribution in [0.15, 0.2) is 12.1 Å². The monoisotopic (exact) mass is 279 g/mol. The average molecular weight is 279 g/mol. The number of benzene rings is 1. The number of nitrogens with zero attached hydrogens (tertiary/aromatic N) is 1. The number of aryl methyl sites for hydroxylation is 1. The molecule has 1 fully saturated rings. The summed E-state index contributed by atoms with van der Waals surface area (Å²) in [5.41, 5.74) is 6.51. The Hall–Kier alpha value is -1.62. The Balaban J connectivity index is 2.02. The van der Waals surface area contributed by atoms with Crippen molar-refractivity contribution in [2.24, 2.45) is 0 Å². The predicted octanol–water partition coefficient (Wildman–Crippen LogP) is 1.93. The van der Waals surface area contributed by atoms with E-state index in [1.807, 2.05) is 0 Å². The van der Waals surface area contributed by atoms with Gasteiger partial charge < -0.3 is 11.1 Å². The van der Waals surface area contributed by atoms with Crippen LogP contribution in [0.3, 0.4) is 0 Å². The normalized spacial score (nSPS) is 19.2. The molecule has 0 saturated carbocycles. The van der Waals surface area contributed by atoms with Crippen molar-refractivity contribution in [1.29, 1.82) is 0 Å². The number of hydrogen-bond donors (Lipinski definition) is 2. The lowest BCUT2D eigenvalue weighted by Crippen LogP contribution is -2.40. The molecular weight excluding hydrogens is 257 g/mol. The number of nitrogens with two attached hydrogens (primary N) is 1. The predicted molar refractivity (Wildman–Crippen MR) is 78.2 cm³/mol. The number of nitrogens with one attached hydrogen (secondary N) is 1. The van der Waals surface area contributed by atoms with E-state index >= 15 is 0 Å². The Morgan fingerprint density at radius 1 is 1.55 bits per heavy atom. The molecule has 4 nitrogen and oxygen atoms in total. The number of hydrogen-bond acceptors (Lipinski definition) is 3. The van der Waals surface area contributed by atoms with Crippen molar-refractivity contribution < 1.29 is 9.18 Å². The minimum atomic E-state index is -0.490. The van der Waals surface area contributed by atoms with Gasteiger partial charge in [-0.1, -0.05) is 6.92 Å². The van der Waals surface area contributed by atoms with Gasteiger partial charge in [-0.25, -0.2) is 4.39 Å². The van der Waals surface area contributed by atoms with Crippen LogP contribution in [0.25, 0.3) is 0 Å². The van der Waals surface area contributed by atoms with Crippen LogP contribution in [0.4, 0.5) is 10.1 Å². The van der Waals surface area contributed by atoms with Crippen LogP contribution in [0.5, 0.6) is 0 Å². The van der Waals surface area contributed by atoms with Crippen molar-refractivity contribution in [1.82, 2.24) is 10.2 Å². The molecule has 20 heavy (non-hydrogen) atoms. The fraction of sp³-hybridized carbons (Fsp3) is 0.533. The highest BCUT2D eigenvalue weighted by Gasteiger charge is 2.24. The first-order valence-electron chi connectivity index (χ1n) is 7.10. The Morgan fingerprint density at radius 3 is 3.00 bits per heavy atom. The number of carbonyl (C=O) groups is 1. The third-order valence-corrected chi connectivity index (χ3v) is 3.92. The maximum atomic E-state index is 13.9. The third kappa shape index (κ3) is 3.10. The van der Waals surface area contributed by atoms with Gasteiger partial charge in [0.05, 0.1) is 5.56 Å². The molecule has 1 aromatic carbocycles. The summed E-state index contributed by atoms with van der Waals surface area (Å²) >= 11 is 0. The Bertz CT molecular complexity index is 504. The van der Waals surface area contributed by atoms with Gasteiger partial charge in [0.2, 0.25) is 0 Å². The van der Waals surface area contributed by atoms with E-state index in [0.717, 1.165) is 25.9 Å². The Labute approximate surface area is 119 Å². The third-order valence-electron chi connectivity index (χ3n) is 3.92. The highest BCUT2D eigenvalue weighted by molar-refractivity contribution is 5.95. The lowest BCUT2D eigenvalue weighted by atomic mass is 10.1. The van der Waals surface area contributed by atoms with Gasteiger partial charge in [-0.15, -0.1) is 0 Å². The number of likely N-dealkylation sites (N-methyl/N-ethyl adjacent to an activating group) is 1. The highest BCUT2D eigenvalue weighted by atomic mass is 19.1. The number of halogens is 1. The summed E-state index contributed by atoms with van der Waals surface area (Å²) in [5, 5.41) is 2.82. The molecule has 0 aliphatic carbocycles. The van der Waals surface area contributed by atoms with Gasteiger partial charge in [0, 0.05) is 18.3 Å². The minimum absolute atomic E-state index is 0.0311. The van der Waals surface area contributed by atoms with Crippen LogP contribution in [0, 0.1) is 12.7 Å². The van der Waals surface area contributed by atoms with Crippen LogP contribution in [0.1, 0.15) is 35.7 Å². The average Bonchev–Trinajstić information content (AvgIpc) is 2.87. The SMILES string of the molecule is CCN1CCCC1CNC(=O)c1cc(N)cc(C)c1F. The molecule has 1 aromatic rings. The standard InChI is InChI=1S/C15H22FN3O/c1-3-19-6-4-5-12(19)9-18-15(20)13-8-11(17)7-10(2)14(13)16/h7-8,12H,3-6,9,17H2,1-2H3,(H,18,20). The molecule has 0 radical (unpaired) electrons. The lowest BCUT2D eigenvalue weighted by molar-refractivity contribution is 0.0937. The topological polar surface area (TPSA) is 58.4 Å². The molecule has 2 rings (SSSR count). The first kappa shape index (κ1) is 14.8. The van der Waals surface area contributed by atoms with Crippen molar-refractivity contribution in [2.75, 3.05) is 25.4 Å². The molecule has 1 aliphatic rings. The van der Waals surface area contributed by atoms with Crippen molar-refractivity contribution in [3.05, 3.63) is 29.1 Å². The van der Waals surface area contributed by atoms with E-state index in [2.05, 4.69) is 17.1 Å². The number of likely N-dealkylation sites (tertiary alicyclic amines) is 1. The van der Waals surface area contributed by atoms with E-state index in [-0.39, 0.29) is 11.5 Å². The fourth-order valence-electron chi connectivity index (χ4n) is 2.81. The maximum absolute atomic E-state index is 13.9. The molecule has 5 heteroatoms. The van der Waals surface area contributed by atoms with Gasteiger partial charge in [-0.3, -0.25) is 9.69 Å². The van der Waals surface area contributed by atoms with Gasteiger partial charge in [-0.2, -0.15) is 0 Å². The summed E-state index contributed by atoms with van der Waals surface area (Å²) in [7, 11) is 0. The molecule has 0 aromatic heterocycles. The van der Waals surface area contributed by atoms with Crippen molar-refractivity contribution in [3.8, 4) is 0 Å². The number of anilines is 1. The highest BCUT2D eigenvalue weighted by Crippen LogP contribution is 2.18. The van der Waals surface area contributed by atoms with Crippen LogP contribution < -0.4 is 11.1 Å². The number of nitrogen functional groups attached to an aromatic ring is 1. The molecule has 1 saturated heterocycles. The maximum Gasteiger partial charge on any atom is 0.254 e. The van der Waals surface area contributed by atoms with Gasteiger partial charge in [0.15, 0.2) is 0 Å². The molecule has 1 atom stereocenters. The van der Waals surface area contributed by atoms with Crippen molar-refractivity contribution >= 4 is 11.6 Å². The molecule has 110 valence electrons. The molecule has 1 aliphatic heterocycles. The van der Waals surface area contributed by atoms with E-state index in [4.69, 9.17) is 5.73 Å². The van der Waals surface area contributed by atoms with Gasteiger partial charge >= 0.3 is 0 Å². The van der Waals surface area contributed by atoms with Crippen molar-refractivity contribution in [2.45, 2.75) is 32.7 Å². The zero-order chi connectivity index (χ0) is 14.7. The number of rotatable bonds is 4. The van der Waals surface area contributed by atoms with E-state index in [0.29, 0.717) is 23.8 Å². The van der Waals surface area contributed by atoms with Crippen LogP contribution in [0.2, 0.25) is 0 Å². The molecule has 3 N–H and O–H groups in total. The summed E-state index contributed by atoms with van der Waals surface area (Å²) in [4.78, 5) is 14.4. The minimum Gasteiger partial charge on any atom is -0.399 e. The quantitative estimate of drug-likeness (QED) is 0.828. The van der Waals surface area contributed by atoms with E-state index in [1.165, 1.54) is 12.1 Å². The molecule has 1 unspecified atom stereocenters. The number of carbonyl (C=O) groups excluding carboxylic acids is 1. The molecule has 0 spiro atoms. The second kappa shape index (κ2) is 6.22. The first-order valence-corrected chi connectivity index (χ1v) is 7.10. The largest absolute Gasteiger partial charge is 0.399 e. The lowest BCUT2D eigenvalue weighted by Gasteiger charge is -2.23. The second-order valence-electron chi connectivity index (χ2n) is 5.33. The summed E-state index contributed by atoms with van der Waals surface area (Å²) in [5.74, 6) is -0.878. The zero-order valence-corrected chi connectivity index (χ0v) is 12.1. The molecule has 1 heterocycles. The summed E-state index contributed by atoms with van der Waals surface area (Å²) in [6.45, 7) is 6.33. The van der Waals surface area contributed by atoms with E-state index < -0.39 is 5.82 Å². The molecular formula is C15H22FN3O. The van der Waals surface area contributed by atoms with Crippen molar-refractivity contribution in [3.63, 3.8) is 0 Å². The smallest absolute Gasteiger partial charge is 0.254 e. The zero-order valence-electron chi connectivity index (χ0n) is 12.1. The van der Waals surface area contributed by atoms with Gasteiger partial charge in [-0.05, 0) is 50.6 Å². The van der Waals surface area contributed by atoms with E-state index in [9.17, 15) is 9.18 Å². The van der Waals surface area contributed by atoms with Crippen LogP contribution in [-0.4, -0.2) is 36.5 Å². The molecule has 1 amide bonds. The Morgan fingerprint density at radius 2 is 2.30 bits per heavy atom. The fourth-order valence-corrected chi connectivity index (χ4v) is 2.81. The Kier molecular flexibility index (Phi) is 4.60. The van der Waals surface area contributed by atoms with Gasteiger partial charge in [0.25, 0.3) is 5.91 Å². The first-order chi connectivity index (χ1) is 9.52. The van der Waals surface area contributed by atoms with E-state index in [1.54, 1.807) is 6.92 Å². The molecule has 0 bridgehead atoms. The summed E-state index contributed by atoms with van der Waals surface area (Å²) in [6.07, 6.45) is 2.23. The summed E-state index contributed by atoms with van der Waals surface area (Å²) < 4.78 is 13.9. The van der Waals surface area contributed by atoms with Crippen LogP contribution >= 0.6 is 0 Å². The number of amides is 1. The van der Waals surface area contributed by atoms with Crippen LogP contribution in [-0.2, 0) is 0 Å². The van der Waals surface area contributed by atoms with Gasteiger partial charge in [0.1, 0.15) is 5.82 Å². The summed E-state index contributed by atoms with van der Waals surface area (Å²) in [6, 6.07) is 3.28. The second-order valence-corrected chi connectivity index (χ2v) is 5.33.